The zero-order valence-electron chi connectivity index (χ0n) is 12.2. The Morgan fingerprint density at radius 3 is 2.62 bits per heavy atom. The van der Waals surface area contributed by atoms with E-state index in [-0.39, 0.29) is 18.3 Å². The van der Waals surface area contributed by atoms with Gasteiger partial charge in [-0.05, 0) is 39.1 Å². The van der Waals surface area contributed by atoms with Crippen molar-refractivity contribution >= 4 is 18.3 Å². The number of hydrogen-bond acceptors (Lipinski definition) is 4. The molecule has 0 saturated carbocycles. The van der Waals surface area contributed by atoms with Crippen LogP contribution in [0.1, 0.15) is 22.5 Å². The molecular formula is C14H20ClN5O. The van der Waals surface area contributed by atoms with Crippen molar-refractivity contribution in [2.75, 3.05) is 20.1 Å². The molecule has 0 spiro atoms. The maximum atomic E-state index is 11.9. The van der Waals surface area contributed by atoms with Gasteiger partial charge in [-0.1, -0.05) is 22.9 Å². The second kappa shape index (κ2) is 8.39. The van der Waals surface area contributed by atoms with Crippen LogP contribution in [0.3, 0.4) is 0 Å². The minimum Gasteiger partial charge on any atom is -0.351 e. The molecule has 1 aromatic heterocycles. The number of halogens is 1. The zero-order chi connectivity index (χ0) is 14.4. The molecule has 0 aliphatic carbocycles. The second-order valence-corrected chi connectivity index (χ2v) is 4.60. The number of benzene rings is 1. The van der Waals surface area contributed by atoms with E-state index >= 15 is 0 Å². The first-order valence-electron chi connectivity index (χ1n) is 6.63. The lowest BCUT2D eigenvalue weighted by Gasteiger charge is -2.02. The lowest BCUT2D eigenvalue weighted by atomic mass is 10.2. The van der Waals surface area contributed by atoms with Gasteiger partial charge < -0.3 is 10.6 Å². The van der Waals surface area contributed by atoms with Gasteiger partial charge in [0.05, 0.1) is 11.9 Å². The highest BCUT2D eigenvalue weighted by Crippen LogP contribution is 2.08. The Morgan fingerprint density at radius 1 is 1.24 bits per heavy atom. The van der Waals surface area contributed by atoms with Crippen molar-refractivity contribution in [1.82, 2.24) is 25.6 Å². The van der Waals surface area contributed by atoms with E-state index in [1.54, 1.807) is 10.9 Å². The minimum absolute atomic E-state index is 0. The molecule has 0 aliphatic rings. The van der Waals surface area contributed by atoms with E-state index in [2.05, 4.69) is 20.9 Å². The summed E-state index contributed by atoms with van der Waals surface area (Å²) >= 11 is 0. The van der Waals surface area contributed by atoms with Gasteiger partial charge in [-0.3, -0.25) is 4.79 Å². The highest BCUT2D eigenvalue weighted by molar-refractivity contribution is 5.91. The predicted octanol–water partition coefficient (Wildman–Crippen LogP) is 1.34. The second-order valence-electron chi connectivity index (χ2n) is 4.60. The summed E-state index contributed by atoms with van der Waals surface area (Å²) in [5, 5.41) is 13.7. The maximum absolute atomic E-state index is 11.9. The van der Waals surface area contributed by atoms with Crippen LogP contribution in [0.25, 0.3) is 5.69 Å². The number of nitrogens with zero attached hydrogens (tertiary/aromatic N) is 3. The van der Waals surface area contributed by atoms with E-state index in [0.717, 1.165) is 18.7 Å². The molecule has 2 N–H and O–H groups in total. The lowest BCUT2D eigenvalue weighted by Crippen LogP contribution is -2.26. The Balaban J connectivity index is 0.00000220. The molecule has 0 unspecified atom stereocenters. The third kappa shape index (κ3) is 4.84. The fourth-order valence-electron chi connectivity index (χ4n) is 1.75. The summed E-state index contributed by atoms with van der Waals surface area (Å²) in [6.45, 7) is 3.52. The Morgan fingerprint density at radius 2 is 1.95 bits per heavy atom. The van der Waals surface area contributed by atoms with E-state index in [9.17, 15) is 4.79 Å². The predicted molar refractivity (Wildman–Crippen MR) is 84.2 cm³/mol. The molecule has 114 valence electrons. The quantitative estimate of drug-likeness (QED) is 0.790. The van der Waals surface area contributed by atoms with Crippen LogP contribution in [-0.2, 0) is 0 Å². The molecule has 0 radical (unpaired) electrons. The average Bonchev–Trinajstić information content (AvgIpc) is 2.94. The normalized spacial score (nSPS) is 10.0. The molecule has 6 nitrogen and oxygen atoms in total. The summed E-state index contributed by atoms with van der Waals surface area (Å²) in [5.41, 5.74) is 2.39. The molecule has 1 heterocycles. The molecule has 0 saturated heterocycles. The van der Waals surface area contributed by atoms with Crippen molar-refractivity contribution in [3.63, 3.8) is 0 Å². The minimum atomic E-state index is -0.195. The van der Waals surface area contributed by atoms with Gasteiger partial charge in [-0.2, -0.15) is 0 Å². The fraction of sp³-hybridized carbons (Fsp3) is 0.357. The van der Waals surface area contributed by atoms with Crippen molar-refractivity contribution in [2.45, 2.75) is 13.3 Å². The lowest BCUT2D eigenvalue weighted by molar-refractivity contribution is 0.0948. The van der Waals surface area contributed by atoms with Gasteiger partial charge in [0.15, 0.2) is 5.69 Å². The van der Waals surface area contributed by atoms with Gasteiger partial charge in [-0.25, -0.2) is 4.68 Å². The first-order valence-corrected chi connectivity index (χ1v) is 6.63. The van der Waals surface area contributed by atoms with Crippen LogP contribution in [0.4, 0.5) is 0 Å². The summed E-state index contributed by atoms with van der Waals surface area (Å²) in [6.07, 6.45) is 2.52. The standard InChI is InChI=1S/C14H19N5O.ClH/c1-11-4-6-12(7-5-11)19-10-13(17-18-19)14(20)16-9-3-8-15-2;/h4-7,10,15H,3,8-9H2,1-2H3,(H,16,20);1H. The molecule has 1 amide bonds. The van der Waals surface area contributed by atoms with Gasteiger partial charge in [0, 0.05) is 6.54 Å². The van der Waals surface area contributed by atoms with Crippen LogP contribution in [-0.4, -0.2) is 41.0 Å². The van der Waals surface area contributed by atoms with Gasteiger partial charge in [0.1, 0.15) is 0 Å². The van der Waals surface area contributed by atoms with Gasteiger partial charge >= 0.3 is 0 Å². The molecule has 0 atom stereocenters. The molecule has 0 bridgehead atoms. The number of carbonyl (C=O) groups is 1. The van der Waals surface area contributed by atoms with Crippen molar-refractivity contribution in [2.24, 2.45) is 0 Å². The molecule has 2 rings (SSSR count). The Hall–Kier alpha value is -1.92. The van der Waals surface area contributed by atoms with Gasteiger partial charge in [0.2, 0.25) is 0 Å². The molecule has 0 aliphatic heterocycles. The van der Waals surface area contributed by atoms with Crippen LogP contribution in [0.5, 0.6) is 0 Å². The smallest absolute Gasteiger partial charge is 0.273 e. The maximum Gasteiger partial charge on any atom is 0.273 e. The van der Waals surface area contributed by atoms with Crippen molar-refractivity contribution in [3.8, 4) is 5.69 Å². The monoisotopic (exact) mass is 309 g/mol. The highest BCUT2D eigenvalue weighted by Gasteiger charge is 2.10. The van der Waals surface area contributed by atoms with Crippen molar-refractivity contribution in [1.29, 1.82) is 0 Å². The van der Waals surface area contributed by atoms with Gasteiger partial charge in [0.25, 0.3) is 5.91 Å². The zero-order valence-corrected chi connectivity index (χ0v) is 13.0. The SMILES string of the molecule is CNCCCNC(=O)c1cn(-c2ccc(C)cc2)nn1.Cl. The van der Waals surface area contributed by atoms with E-state index < -0.39 is 0 Å². The van der Waals surface area contributed by atoms with Crippen LogP contribution >= 0.6 is 12.4 Å². The first kappa shape index (κ1) is 17.1. The van der Waals surface area contributed by atoms with Crippen LogP contribution in [0.2, 0.25) is 0 Å². The molecular weight excluding hydrogens is 290 g/mol. The summed E-state index contributed by atoms with van der Waals surface area (Å²) in [6, 6.07) is 7.88. The third-order valence-electron chi connectivity index (χ3n) is 2.91. The molecule has 1 aromatic carbocycles. The summed E-state index contributed by atoms with van der Waals surface area (Å²) in [7, 11) is 1.88. The Kier molecular flexibility index (Phi) is 6.84. The third-order valence-corrected chi connectivity index (χ3v) is 2.91. The highest BCUT2D eigenvalue weighted by atomic mass is 35.5. The van der Waals surface area contributed by atoms with E-state index in [1.165, 1.54) is 5.56 Å². The Labute approximate surface area is 130 Å². The summed E-state index contributed by atoms with van der Waals surface area (Å²) in [4.78, 5) is 11.9. The molecule has 21 heavy (non-hydrogen) atoms. The van der Waals surface area contributed by atoms with Crippen molar-refractivity contribution in [3.05, 3.63) is 41.7 Å². The number of rotatable bonds is 6. The molecule has 0 fully saturated rings. The van der Waals surface area contributed by atoms with E-state index in [0.29, 0.717) is 12.2 Å². The number of carbonyl (C=O) groups excluding carboxylic acids is 1. The Bertz CT molecular complexity index is 567. The molecule has 2 aromatic rings. The molecule has 7 heteroatoms. The average molecular weight is 310 g/mol. The number of amides is 1. The number of nitrogens with one attached hydrogen (secondary N) is 2. The van der Waals surface area contributed by atoms with E-state index in [4.69, 9.17) is 0 Å². The number of aryl methyl sites for hydroxylation is 1. The van der Waals surface area contributed by atoms with Gasteiger partial charge in [-0.15, -0.1) is 17.5 Å². The largest absolute Gasteiger partial charge is 0.351 e. The number of aromatic nitrogens is 3. The van der Waals surface area contributed by atoms with Crippen molar-refractivity contribution < 1.29 is 4.79 Å². The first-order chi connectivity index (χ1) is 9.70. The van der Waals surface area contributed by atoms with E-state index in [1.807, 2.05) is 38.2 Å². The van der Waals surface area contributed by atoms with Crippen LogP contribution in [0.15, 0.2) is 30.5 Å². The summed E-state index contributed by atoms with van der Waals surface area (Å²) < 4.78 is 1.60. The fourth-order valence-corrected chi connectivity index (χ4v) is 1.75. The topological polar surface area (TPSA) is 71.8 Å². The number of hydrogen-bond donors (Lipinski definition) is 2. The summed E-state index contributed by atoms with van der Waals surface area (Å²) in [5.74, 6) is -0.195. The van der Waals surface area contributed by atoms with Crippen LogP contribution < -0.4 is 10.6 Å². The van der Waals surface area contributed by atoms with Crippen LogP contribution in [0, 0.1) is 6.92 Å².